The van der Waals surface area contributed by atoms with E-state index in [1.54, 1.807) is 0 Å². The maximum atomic E-state index is 12.4. The van der Waals surface area contributed by atoms with Crippen LogP contribution in [0, 0.1) is 11.3 Å². The maximum Gasteiger partial charge on any atom is 0.326 e. The number of carboxylic acids is 1. The molecule has 0 radical (unpaired) electrons. The first-order valence-corrected chi connectivity index (χ1v) is 8.92. The van der Waals surface area contributed by atoms with Crippen molar-refractivity contribution in [1.29, 1.82) is 0 Å². The fourth-order valence-electron chi connectivity index (χ4n) is 3.27. The molecule has 1 fully saturated rings. The number of carboxylic acid groups (broad SMARTS) is 1. The Bertz CT molecular complexity index is 801. The summed E-state index contributed by atoms with van der Waals surface area (Å²) < 4.78 is 0.910. The van der Waals surface area contributed by atoms with E-state index < -0.39 is 12.0 Å². The van der Waals surface area contributed by atoms with Crippen molar-refractivity contribution in [3.8, 4) is 0 Å². The van der Waals surface area contributed by atoms with E-state index in [0.29, 0.717) is 0 Å². The number of hydrogen-bond acceptors (Lipinski definition) is 2. The van der Waals surface area contributed by atoms with Crippen molar-refractivity contribution in [1.82, 2.24) is 10.3 Å². The van der Waals surface area contributed by atoms with Gasteiger partial charge in [0.15, 0.2) is 0 Å². The highest BCUT2D eigenvalue weighted by Crippen LogP contribution is 2.54. The fourth-order valence-corrected chi connectivity index (χ4v) is 3.89. The van der Waals surface area contributed by atoms with Crippen LogP contribution in [0.5, 0.6) is 0 Å². The van der Waals surface area contributed by atoms with Crippen molar-refractivity contribution >= 4 is 38.7 Å². The van der Waals surface area contributed by atoms with E-state index >= 15 is 0 Å². The predicted octanol–water partition coefficient (Wildman–Crippen LogP) is 3.48. The number of carbonyl (C=O) groups excluding carboxylic acids is 1. The third-order valence-corrected chi connectivity index (χ3v) is 5.91. The molecule has 1 heterocycles. The Kier molecular flexibility index (Phi) is 4.42. The van der Waals surface area contributed by atoms with Gasteiger partial charge in [0, 0.05) is 33.9 Å². The minimum Gasteiger partial charge on any atom is -0.480 e. The first-order chi connectivity index (χ1) is 11.4. The zero-order valence-electron chi connectivity index (χ0n) is 13.7. The van der Waals surface area contributed by atoms with Gasteiger partial charge in [-0.3, -0.25) is 4.79 Å². The van der Waals surface area contributed by atoms with E-state index in [2.05, 4.69) is 40.1 Å². The first-order valence-electron chi connectivity index (χ1n) is 8.13. The number of rotatable bonds is 6. The molecule has 2 aromatic rings. The molecular weight excluding hydrogens is 372 g/mol. The minimum atomic E-state index is -1.01. The lowest BCUT2D eigenvalue weighted by Crippen LogP contribution is -2.43. The van der Waals surface area contributed by atoms with Gasteiger partial charge in [-0.15, -0.1) is 0 Å². The number of halogens is 1. The number of fused-ring (bicyclic) bond motifs is 1. The van der Waals surface area contributed by atoms with Crippen molar-refractivity contribution in [3.05, 3.63) is 34.4 Å². The molecule has 1 aliphatic rings. The third-order valence-electron chi connectivity index (χ3n) is 5.25. The van der Waals surface area contributed by atoms with Crippen molar-refractivity contribution in [2.24, 2.45) is 11.3 Å². The lowest BCUT2D eigenvalue weighted by molar-refractivity contribution is -0.142. The number of H-pyrrole nitrogens is 1. The molecule has 3 rings (SSSR count). The third kappa shape index (κ3) is 3.07. The molecule has 1 aliphatic carbocycles. The second-order valence-corrected chi connectivity index (χ2v) is 7.70. The molecule has 0 aliphatic heterocycles. The van der Waals surface area contributed by atoms with Crippen LogP contribution >= 0.6 is 15.9 Å². The monoisotopic (exact) mass is 392 g/mol. The number of aromatic nitrogens is 1. The summed E-state index contributed by atoms with van der Waals surface area (Å²) in [5.74, 6) is -1.23. The van der Waals surface area contributed by atoms with Gasteiger partial charge in [-0.05, 0) is 36.0 Å². The smallest absolute Gasteiger partial charge is 0.326 e. The van der Waals surface area contributed by atoms with Gasteiger partial charge in [0.25, 0.3) is 0 Å². The van der Waals surface area contributed by atoms with Gasteiger partial charge in [-0.2, -0.15) is 0 Å². The molecule has 3 atom stereocenters. The average Bonchev–Trinajstić information content (AvgIpc) is 3.06. The quantitative estimate of drug-likeness (QED) is 0.703. The van der Waals surface area contributed by atoms with Crippen LogP contribution in [0.1, 0.15) is 32.3 Å². The molecule has 24 heavy (non-hydrogen) atoms. The van der Waals surface area contributed by atoms with Gasteiger partial charge in [-0.1, -0.05) is 35.8 Å². The van der Waals surface area contributed by atoms with Gasteiger partial charge in [-0.25, -0.2) is 4.79 Å². The molecule has 3 N–H and O–H groups in total. The average molecular weight is 393 g/mol. The summed E-state index contributed by atoms with van der Waals surface area (Å²) in [6.07, 6.45) is 3.82. The summed E-state index contributed by atoms with van der Waals surface area (Å²) in [6, 6.07) is 4.85. The van der Waals surface area contributed by atoms with E-state index in [-0.39, 0.29) is 23.7 Å². The van der Waals surface area contributed by atoms with E-state index in [9.17, 15) is 14.7 Å². The van der Waals surface area contributed by atoms with Crippen LogP contribution < -0.4 is 5.32 Å². The SMILES string of the molecule is CCC1(C)CC1C(=O)NC(Cc1c[nH]c2cccc(Br)c12)C(=O)O. The summed E-state index contributed by atoms with van der Waals surface area (Å²) in [4.78, 5) is 27.1. The van der Waals surface area contributed by atoms with E-state index in [0.717, 1.165) is 33.8 Å². The first kappa shape index (κ1) is 17.0. The molecule has 6 heteroatoms. The number of aromatic amines is 1. The largest absolute Gasteiger partial charge is 0.480 e. The van der Waals surface area contributed by atoms with Crippen LogP contribution in [0.4, 0.5) is 0 Å². The number of nitrogens with one attached hydrogen (secondary N) is 2. The Morgan fingerprint density at radius 2 is 2.25 bits per heavy atom. The molecule has 5 nitrogen and oxygen atoms in total. The standard InChI is InChI=1S/C18H21BrN2O3/c1-3-18(2)8-11(18)16(22)21-14(17(23)24)7-10-9-20-13-6-4-5-12(19)15(10)13/h4-6,9,11,14,20H,3,7-8H2,1-2H3,(H,21,22)(H,23,24). The van der Waals surface area contributed by atoms with Crippen LogP contribution in [0.3, 0.4) is 0 Å². The van der Waals surface area contributed by atoms with E-state index in [4.69, 9.17) is 0 Å². The van der Waals surface area contributed by atoms with E-state index in [1.165, 1.54) is 0 Å². The van der Waals surface area contributed by atoms with Crippen LogP contribution in [0.15, 0.2) is 28.9 Å². The summed E-state index contributed by atoms with van der Waals surface area (Å²) in [7, 11) is 0. The Morgan fingerprint density at radius 1 is 1.50 bits per heavy atom. The molecular formula is C18H21BrN2O3. The van der Waals surface area contributed by atoms with Gasteiger partial charge in [0.1, 0.15) is 6.04 Å². The molecule has 1 aromatic carbocycles. The second kappa shape index (κ2) is 6.24. The molecule has 0 bridgehead atoms. The molecule has 128 valence electrons. The Labute approximate surface area is 149 Å². The molecule has 1 aromatic heterocycles. The molecule has 1 amide bonds. The van der Waals surface area contributed by atoms with Gasteiger partial charge < -0.3 is 15.4 Å². The zero-order valence-corrected chi connectivity index (χ0v) is 15.3. The molecule has 0 spiro atoms. The highest BCUT2D eigenvalue weighted by Gasteiger charge is 2.53. The number of carbonyl (C=O) groups is 2. The van der Waals surface area contributed by atoms with Crippen molar-refractivity contribution in [2.45, 2.75) is 39.2 Å². The molecule has 3 unspecified atom stereocenters. The van der Waals surface area contributed by atoms with Crippen molar-refractivity contribution in [3.63, 3.8) is 0 Å². The normalized spacial score (nSPS) is 23.9. The van der Waals surface area contributed by atoms with Crippen LogP contribution in [0.25, 0.3) is 10.9 Å². The molecule has 1 saturated carbocycles. The highest BCUT2D eigenvalue weighted by atomic mass is 79.9. The van der Waals surface area contributed by atoms with Gasteiger partial charge >= 0.3 is 5.97 Å². The minimum absolute atomic E-state index is 0.0247. The van der Waals surface area contributed by atoms with Crippen LogP contribution in [0.2, 0.25) is 0 Å². The van der Waals surface area contributed by atoms with Crippen LogP contribution in [-0.2, 0) is 16.0 Å². The number of benzene rings is 1. The maximum absolute atomic E-state index is 12.4. The summed E-state index contributed by atoms with van der Waals surface area (Å²) in [6.45, 7) is 4.13. The summed E-state index contributed by atoms with van der Waals surface area (Å²) >= 11 is 3.51. The van der Waals surface area contributed by atoms with Gasteiger partial charge in [0.05, 0.1) is 0 Å². The van der Waals surface area contributed by atoms with Crippen molar-refractivity contribution < 1.29 is 14.7 Å². The van der Waals surface area contributed by atoms with E-state index in [1.807, 2.05) is 24.4 Å². The topological polar surface area (TPSA) is 82.2 Å². The predicted molar refractivity (Wildman–Crippen MR) is 95.8 cm³/mol. The van der Waals surface area contributed by atoms with Crippen molar-refractivity contribution in [2.75, 3.05) is 0 Å². The number of aliphatic carboxylic acids is 1. The van der Waals surface area contributed by atoms with Crippen LogP contribution in [-0.4, -0.2) is 28.0 Å². The number of hydrogen-bond donors (Lipinski definition) is 3. The second-order valence-electron chi connectivity index (χ2n) is 6.84. The fraction of sp³-hybridized carbons (Fsp3) is 0.444. The lowest BCUT2D eigenvalue weighted by atomic mass is 10.0. The Hall–Kier alpha value is -1.82. The lowest BCUT2D eigenvalue weighted by Gasteiger charge is -2.15. The Balaban J connectivity index is 1.77. The zero-order chi connectivity index (χ0) is 17.5. The molecule has 0 saturated heterocycles. The summed E-state index contributed by atoms with van der Waals surface area (Å²) in [5.41, 5.74) is 1.84. The van der Waals surface area contributed by atoms with Gasteiger partial charge in [0.2, 0.25) is 5.91 Å². The summed E-state index contributed by atoms with van der Waals surface area (Å²) in [5, 5.41) is 13.2. The Morgan fingerprint density at radius 3 is 2.88 bits per heavy atom. The highest BCUT2D eigenvalue weighted by molar-refractivity contribution is 9.10. The number of amides is 1.